The Labute approximate surface area is 62.0 Å². The molecule has 0 aliphatic heterocycles. The van der Waals surface area contributed by atoms with E-state index in [2.05, 4.69) is 12.2 Å². The van der Waals surface area contributed by atoms with Crippen molar-refractivity contribution in [3.05, 3.63) is 0 Å². The summed E-state index contributed by atoms with van der Waals surface area (Å²) >= 11 is 3.63. The normalized spacial score (nSPS) is 12.2. The molecule has 0 aromatic carbocycles. The predicted octanol–water partition coefficient (Wildman–Crippen LogP) is 2.78. The molecule has 54 valence electrons. The van der Waals surface area contributed by atoms with Crippen LogP contribution in [0.15, 0.2) is 0 Å². The zero-order valence-electron chi connectivity index (χ0n) is 5.70. The molecule has 0 spiro atoms. The second-order valence-electron chi connectivity index (χ2n) is 1.78. The van der Waals surface area contributed by atoms with Crippen molar-refractivity contribution < 1.29 is 9.09 Å². The Morgan fingerprint density at radius 3 is 2.11 bits per heavy atom. The fourth-order valence-electron chi connectivity index (χ4n) is 0.565. The molecule has 0 saturated carbocycles. The van der Waals surface area contributed by atoms with Crippen LogP contribution in [0.3, 0.4) is 0 Å². The summed E-state index contributed by atoms with van der Waals surface area (Å²) in [6.45, 7) is 4.00. The van der Waals surface area contributed by atoms with Gasteiger partial charge in [-0.1, -0.05) is 13.8 Å². The van der Waals surface area contributed by atoms with Crippen molar-refractivity contribution in [2.24, 2.45) is 0 Å². The summed E-state index contributed by atoms with van der Waals surface area (Å²) in [6, 6.07) is 0. The van der Waals surface area contributed by atoms with Crippen LogP contribution in [0.2, 0.25) is 0 Å². The lowest BCUT2D eigenvalue weighted by atomic mass is 10.2. The van der Waals surface area contributed by atoms with Crippen molar-refractivity contribution in [3.8, 4) is 0 Å². The van der Waals surface area contributed by atoms with Gasteiger partial charge in [0.25, 0.3) is 0 Å². The maximum absolute atomic E-state index is 10.4. The largest absolute Gasteiger partial charge is 0.582 e. The number of hydrogen-bond acceptors (Lipinski definition) is 2. The Balaban J connectivity index is 3.43. The highest BCUT2D eigenvalue weighted by Crippen LogP contribution is 2.30. The molecular weight excluding hydrogens is 155 g/mol. The van der Waals surface area contributed by atoms with Crippen LogP contribution in [0.5, 0.6) is 0 Å². The fraction of sp³-hybridized carbons (Fsp3) is 1.00. The average Bonchev–Trinajstić information content (AvgIpc) is 1.82. The maximum atomic E-state index is 10.4. The zero-order valence-corrected chi connectivity index (χ0v) is 7.49. The third-order valence-corrected chi connectivity index (χ3v) is 1.91. The highest BCUT2D eigenvalue weighted by Gasteiger charge is 2.16. The molecule has 0 aromatic rings. The summed E-state index contributed by atoms with van der Waals surface area (Å²) in [5.74, 6) is 0. The van der Waals surface area contributed by atoms with E-state index in [0.717, 1.165) is 12.8 Å². The van der Waals surface area contributed by atoms with Crippen LogP contribution < -0.4 is 0 Å². The maximum Gasteiger partial charge on any atom is 0.582 e. The van der Waals surface area contributed by atoms with Crippen LogP contribution in [-0.4, -0.2) is 6.10 Å². The quantitative estimate of drug-likeness (QED) is 0.514. The highest BCUT2D eigenvalue weighted by atomic mass is 32.7. The van der Waals surface area contributed by atoms with Crippen molar-refractivity contribution in [3.63, 3.8) is 0 Å². The van der Waals surface area contributed by atoms with Crippen LogP contribution in [0.25, 0.3) is 0 Å². The van der Waals surface area contributed by atoms with Gasteiger partial charge in [-0.3, -0.25) is 0 Å². The van der Waals surface area contributed by atoms with E-state index in [9.17, 15) is 4.57 Å². The first-order valence-corrected chi connectivity index (χ1v) is 5.36. The van der Waals surface area contributed by atoms with Gasteiger partial charge in [-0.05, 0) is 17.4 Å². The molecule has 0 saturated heterocycles. The van der Waals surface area contributed by atoms with Gasteiger partial charge in [0.1, 0.15) is 18.4 Å². The molecule has 9 heavy (non-hydrogen) atoms. The second kappa shape index (κ2) is 5.21. The van der Waals surface area contributed by atoms with Crippen LogP contribution in [-0.2, 0) is 9.09 Å². The Morgan fingerprint density at radius 2 is 2.00 bits per heavy atom. The smallest absolute Gasteiger partial charge is 0.133 e. The molecule has 1 unspecified atom stereocenters. The summed E-state index contributed by atoms with van der Waals surface area (Å²) in [5, 5.41) is 0. The number of hydrogen-bond donors (Lipinski definition) is 1. The Hall–Kier alpha value is 0.410. The van der Waals surface area contributed by atoms with Gasteiger partial charge < -0.3 is 0 Å². The Bertz CT molecular complexity index is 93.0. The van der Waals surface area contributed by atoms with Gasteiger partial charge in [0.05, 0.1) is 0 Å². The van der Waals surface area contributed by atoms with Gasteiger partial charge in [-0.15, -0.1) is 4.52 Å². The monoisotopic (exact) mass is 167 g/mol. The first-order valence-electron chi connectivity index (χ1n) is 3.03. The van der Waals surface area contributed by atoms with E-state index in [4.69, 9.17) is 4.52 Å². The molecule has 0 fully saturated rings. The minimum Gasteiger partial charge on any atom is -0.133 e. The lowest BCUT2D eigenvalue weighted by molar-refractivity contribution is 0.212. The third-order valence-electron chi connectivity index (χ3n) is 1.15. The molecule has 0 heterocycles. The van der Waals surface area contributed by atoms with Gasteiger partial charge in [0.2, 0.25) is 0 Å². The third kappa shape index (κ3) is 4.89. The first-order chi connectivity index (χ1) is 4.20. The average molecular weight is 167 g/mol. The molecule has 0 aliphatic carbocycles. The molecular formula is C5H12O2PS+. The summed E-state index contributed by atoms with van der Waals surface area (Å²) in [6.07, 6.45) is 1.92. The van der Waals surface area contributed by atoms with E-state index in [1.165, 1.54) is 0 Å². The Kier molecular flexibility index (Phi) is 5.45. The van der Waals surface area contributed by atoms with Crippen LogP contribution in [0.1, 0.15) is 26.7 Å². The van der Waals surface area contributed by atoms with Gasteiger partial charge in [0.15, 0.2) is 0 Å². The van der Waals surface area contributed by atoms with Crippen LogP contribution in [0, 0.1) is 0 Å². The summed E-state index contributed by atoms with van der Waals surface area (Å²) in [7, 11) is -1.71. The van der Waals surface area contributed by atoms with E-state index in [-0.39, 0.29) is 6.10 Å². The topological polar surface area (TPSA) is 26.3 Å². The number of thiol groups is 1. The molecule has 0 rings (SSSR count). The van der Waals surface area contributed by atoms with E-state index in [1.54, 1.807) is 0 Å². The predicted molar refractivity (Wildman–Crippen MR) is 42.0 cm³/mol. The molecule has 0 bridgehead atoms. The van der Waals surface area contributed by atoms with Gasteiger partial charge in [0, 0.05) is 0 Å². The molecule has 0 amide bonds. The minimum atomic E-state index is -1.71. The van der Waals surface area contributed by atoms with Crippen molar-refractivity contribution in [2.75, 3.05) is 0 Å². The molecule has 1 atom stereocenters. The van der Waals surface area contributed by atoms with Crippen molar-refractivity contribution in [1.82, 2.24) is 0 Å². The first kappa shape index (κ1) is 9.41. The summed E-state index contributed by atoms with van der Waals surface area (Å²) < 4.78 is 15.3. The number of rotatable bonds is 4. The summed E-state index contributed by atoms with van der Waals surface area (Å²) in [5.41, 5.74) is 0. The minimum absolute atomic E-state index is 0.117. The second-order valence-corrected chi connectivity index (χ2v) is 3.45. The van der Waals surface area contributed by atoms with E-state index < -0.39 is 7.23 Å². The van der Waals surface area contributed by atoms with Crippen molar-refractivity contribution >= 4 is 19.5 Å². The highest BCUT2D eigenvalue weighted by molar-refractivity contribution is 8.39. The fourth-order valence-corrected chi connectivity index (χ4v) is 1.52. The van der Waals surface area contributed by atoms with Crippen molar-refractivity contribution in [2.45, 2.75) is 32.8 Å². The van der Waals surface area contributed by atoms with Crippen LogP contribution in [0.4, 0.5) is 0 Å². The zero-order chi connectivity index (χ0) is 7.28. The summed E-state index contributed by atoms with van der Waals surface area (Å²) in [4.78, 5) is 0. The molecule has 0 aromatic heterocycles. The SMILES string of the molecule is CCC(CC)O[P+](=O)S. The lowest BCUT2D eigenvalue weighted by Crippen LogP contribution is -2.03. The molecule has 4 heteroatoms. The molecule has 0 radical (unpaired) electrons. The lowest BCUT2D eigenvalue weighted by Gasteiger charge is -2.00. The Morgan fingerprint density at radius 1 is 1.56 bits per heavy atom. The van der Waals surface area contributed by atoms with Gasteiger partial charge >= 0.3 is 7.23 Å². The van der Waals surface area contributed by atoms with E-state index in [0.29, 0.717) is 0 Å². The molecule has 2 nitrogen and oxygen atoms in total. The van der Waals surface area contributed by atoms with Crippen molar-refractivity contribution in [1.29, 1.82) is 0 Å². The van der Waals surface area contributed by atoms with Crippen LogP contribution >= 0.6 is 19.5 Å². The molecule has 0 aliphatic rings. The van der Waals surface area contributed by atoms with Gasteiger partial charge in [-0.25, -0.2) is 0 Å². The van der Waals surface area contributed by atoms with E-state index >= 15 is 0 Å². The van der Waals surface area contributed by atoms with Gasteiger partial charge in [-0.2, -0.15) is 0 Å². The standard InChI is InChI=1S/C5H11O2PS/c1-3-5(4-2)7-8(6)9/h5H,3-4H2,1-2H3/p+1. The molecule has 0 N–H and O–H groups in total. The van der Waals surface area contributed by atoms with E-state index in [1.807, 2.05) is 13.8 Å².